The van der Waals surface area contributed by atoms with Crippen molar-refractivity contribution >= 4 is 17.6 Å². The first-order chi connectivity index (χ1) is 15.0. The van der Waals surface area contributed by atoms with Crippen molar-refractivity contribution in [3.63, 3.8) is 0 Å². The number of ether oxygens (including phenoxy) is 1. The van der Waals surface area contributed by atoms with Crippen LogP contribution in [0.15, 0.2) is 47.0 Å². The molecule has 0 atom stereocenters. The zero-order valence-corrected chi connectivity index (χ0v) is 16.9. The third-order valence-electron chi connectivity index (χ3n) is 5.26. The lowest BCUT2D eigenvalue weighted by Gasteiger charge is -2.30. The average molecular weight is 426 g/mol. The largest absolute Gasteiger partial charge is 0.465 e. The van der Waals surface area contributed by atoms with Crippen LogP contribution in [-0.4, -0.2) is 30.5 Å². The van der Waals surface area contributed by atoms with Gasteiger partial charge in [-0.1, -0.05) is 6.07 Å². The molecule has 6 nitrogen and oxygen atoms in total. The van der Waals surface area contributed by atoms with Gasteiger partial charge in [0.05, 0.1) is 24.4 Å². The Morgan fingerprint density at radius 2 is 2.06 bits per heavy atom. The number of carbonyl (C=O) groups excluding carboxylic acids is 2. The topological polar surface area (TPSA) is 72.6 Å². The third kappa shape index (κ3) is 4.19. The van der Waals surface area contributed by atoms with Crippen LogP contribution >= 0.6 is 0 Å². The minimum Gasteiger partial charge on any atom is -0.465 e. The summed E-state index contributed by atoms with van der Waals surface area (Å²) in [6.07, 6.45) is 3.14. The second-order valence-electron chi connectivity index (χ2n) is 7.19. The van der Waals surface area contributed by atoms with Gasteiger partial charge >= 0.3 is 5.97 Å². The Morgan fingerprint density at radius 3 is 2.84 bits per heavy atom. The van der Waals surface area contributed by atoms with E-state index in [1.165, 1.54) is 19.4 Å². The molecule has 1 aromatic heterocycles. The number of anilines is 1. The SMILES string of the molecule is COC(=O)c1cccc2c1CCCN2C(=O)CCc1ncc(-c2ccc(F)cc2F)o1. The molecule has 0 bridgehead atoms. The summed E-state index contributed by atoms with van der Waals surface area (Å²) >= 11 is 0. The van der Waals surface area contributed by atoms with Gasteiger partial charge in [-0.05, 0) is 42.7 Å². The Hall–Kier alpha value is -3.55. The molecule has 1 aliphatic rings. The molecule has 0 aliphatic carbocycles. The maximum atomic E-state index is 13.9. The number of esters is 1. The van der Waals surface area contributed by atoms with Gasteiger partial charge in [-0.2, -0.15) is 0 Å². The monoisotopic (exact) mass is 426 g/mol. The Labute approximate surface area is 177 Å². The van der Waals surface area contributed by atoms with E-state index in [0.29, 0.717) is 24.2 Å². The molecule has 0 saturated heterocycles. The highest BCUT2D eigenvalue weighted by atomic mass is 19.1. The molecule has 8 heteroatoms. The van der Waals surface area contributed by atoms with Crippen LogP contribution in [0, 0.1) is 11.6 Å². The minimum absolute atomic E-state index is 0.103. The second kappa shape index (κ2) is 8.67. The van der Waals surface area contributed by atoms with Crippen molar-refractivity contribution in [2.45, 2.75) is 25.7 Å². The zero-order valence-electron chi connectivity index (χ0n) is 16.9. The maximum absolute atomic E-state index is 13.9. The third-order valence-corrected chi connectivity index (χ3v) is 5.26. The van der Waals surface area contributed by atoms with E-state index in [1.54, 1.807) is 17.0 Å². The van der Waals surface area contributed by atoms with Gasteiger partial charge in [0.15, 0.2) is 11.7 Å². The molecular weight excluding hydrogens is 406 g/mol. The van der Waals surface area contributed by atoms with Crippen LogP contribution < -0.4 is 4.90 Å². The Morgan fingerprint density at radius 1 is 1.23 bits per heavy atom. The van der Waals surface area contributed by atoms with Gasteiger partial charge in [-0.3, -0.25) is 4.79 Å². The van der Waals surface area contributed by atoms with E-state index in [1.807, 2.05) is 6.07 Å². The number of rotatable bonds is 5. The highest BCUT2D eigenvalue weighted by molar-refractivity contribution is 5.98. The maximum Gasteiger partial charge on any atom is 0.338 e. The molecule has 0 unspecified atom stereocenters. The minimum atomic E-state index is -0.745. The van der Waals surface area contributed by atoms with Crippen LogP contribution in [0.5, 0.6) is 0 Å². The number of fused-ring (bicyclic) bond motifs is 1. The number of amides is 1. The first-order valence-corrected chi connectivity index (χ1v) is 9.88. The summed E-state index contributed by atoms with van der Waals surface area (Å²) in [6, 6.07) is 8.44. The molecule has 31 heavy (non-hydrogen) atoms. The lowest BCUT2D eigenvalue weighted by molar-refractivity contribution is -0.118. The van der Waals surface area contributed by atoms with Gasteiger partial charge in [0.1, 0.15) is 11.6 Å². The number of carbonyl (C=O) groups is 2. The van der Waals surface area contributed by atoms with E-state index in [-0.39, 0.29) is 36.0 Å². The van der Waals surface area contributed by atoms with Gasteiger partial charge in [-0.25, -0.2) is 18.6 Å². The fourth-order valence-electron chi connectivity index (χ4n) is 3.77. The average Bonchev–Trinajstić information content (AvgIpc) is 3.24. The number of aryl methyl sites for hydroxylation is 1. The van der Waals surface area contributed by atoms with Crippen molar-refractivity contribution in [1.82, 2.24) is 4.98 Å². The van der Waals surface area contributed by atoms with Crippen LogP contribution in [0.2, 0.25) is 0 Å². The molecule has 0 radical (unpaired) electrons. The second-order valence-corrected chi connectivity index (χ2v) is 7.19. The molecule has 2 aromatic carbocycles. The molecule has 2 heterocycles. The highest BCUT2D eigenvalue weighted by Gasteiger charge is 2.26. The van der Waals surface area contributed by atoms with Gasteiger partial charge in [0.25, 0.3) is 0 Å². The molecule has 160 valence electrons. The van der Waals surface area contributed by atoms with Crippen molar-refractivity contribution in [2.75, 3.05) is 18.6 Å². The molecule has 4 rings (SSSR count). The van der Waals surface area contributed by atoms with Crippen LogP contribution in [0.25, 0.3) is 11.3 Å². The van der Waals surface area contributed by atoms with Crippen molar-refractivity contribution in [2.24, 2.45) is 0 Å². The quantitative estimate of drug-likeness (QED) is 0.568. The molecule has 3 aromatic rings. The van der Waals surface area contributed by atoms with E-state index >= 15 is 0 Å². The smallest absolute Gasteiger partial charge is 0.338 e. The van der Waals surface area contributed by atoms with Crippen molar-refractivity contribution in [3.8, 4) is 11.3 Å². The van der Waals surface area contributed by atoms with E-state index < -0.39 is 17.6 Å². The molecular formula is C23H20F2N2O4. The first-order valence-electron chi connectivity index (χ1n) is 9.88. The fraction of sp³-hybridized carbons (Fsp3) is 0.261. The van der Waals surface area contributed by atoms with E-state index in [4.69, 9.17) is 9.15 Å². The number of hydrogen-bond donors (Lipinski definition) is 0. The molecule has 0 N–H and O–H groups in total. The number of oxazole rings is 1. The number of methoxy groups -OCH3 is 1. The lowest BCUT2D eigenvalue weighted by Crippen LogP contribution is -2.36. The molecule has 1 aliphatic heterocycles. The Balaban J connectivity index is 1.47. The van der Waals surface area contributed by atoms with Crippen LogP contribution in [0.4, 0.5) is 14.5 Å². The van der Waals surface area contributed by atoms with Gasteiger partial charge in [0, 0.05) is 31.1 Å². The standard InChI is InChI=1S/C23H20F2N2O4/c1-30-23(29)16-4-2-6-19-15(16)5-3-11-27(19)22(28)10-9-21-26-13-20(31-21)17-8-7-14(24)12-18(17)25/h2,4,6-8,12-13H,3,5,9-11H2,1H3. The Kier molecular flexibility index (Phi) is 5.79. The van der Waals surface area contributed by atoms with Crippen molar-refractivity contribution in [3.05, 3.63) is 71.2 Å². The number of hydrogen-bond acceptors (Lipinski definition) is 5. The van der Waals surface area contributed by atoms with E-state index in [9.17, 15) is 18.4 Å². The molecule has 0 saturated carbocycles. The predicted octanol–water partition coefficient (Wildman–Crippen LogP) is 4.32. The van der Waals surface area contributed by atoms with Gasteiger partial charge < -0.3 is 14.1 Å². The summed E-state index contributed by atoms with van der Waals surface area (Å²) in [5, 5.41) is 0. The summed E-state index contributed by atoms with van der Waals surface area (Å²) in [5.74, 6) is -1.52. The van der Waals surface area contributed by atoms with Crippen LogP contribution in [-0.2, 0) is 22.4 Å². The molecule has 0 spiro atoms. The number of halogens is 2. The summed E-state index contributed by atoms with van der Waals surface area (Å²) < 4.78 is 37.4. The predicted molar refractivity (Wildman–Crippen MR) is 109 cm³/mol. The summed E-state index contributed by atoms with van der Waals surface area (Å²) in [7, 11) is 1.33. The molecule has 0 fully saturated rings. The van der Waals surface area contributed by atoms with E-state index in [2.05, 4.69) is 4.98 Å². The summed E-state index contributed by atoms with van der Waals surface area (Å²) in [4.78, 5) is 30.7. The van der Waals surface area contributed by atoms with Crippen molar-refractivity contribution in [1.29, 1.82) is 0 Å². The number of benzene rings is 2. The summed E-state index contributed by atoms with van der Waals surface area (Å²) in [5.41, 5.74) is 2.09. The normalized spacial score (nSPS) is 13.1. The fourth-order valence-corrected chi connectivity index (χ4v) is 3.77. The highest BCUT2D eigenvalue weighted by Crippen LogP contribution is 2.31. The van der Waals surface area contributed by atoms with Crippen LogP contribution in [0.1, 0.15) is 34.7 Å². The Bertz CT molecular complexity index is 1140. The first kappa shape index (κ1) is 20.7. The number of nitrogens with zero attached hydrogens (tertiary/aromatic N) is 2. The molecule has 1 amide bonds. The summed E-state index contributed by atoms with van der Waals surface area (Å²) in [6.45, 7) is 0.550. The van der Waals surface area contributed by atoms with Crippen molar-refractivity contribution < 1.29 is 27.5 Å². The van der Waals surface area contributed by atoms with E-state index in [0.717, 1.165) is 24.1 Å². The van der Waals surface area contributed by atoms with Gasteiger partial charge in [-0.15, -0.1) is 0 Å². The van der Waals surface area contributed by atoms with Gasteiger partial charge in [0.2, 0.25) is 5.91 Å². The van der Waals surface area contributed by atoms with Crippen LogP contribution in [0.3, 0.4) is 0 Å². The zero-order chi connectivity index (χ0) is 22.0. The number of aromatic nitrogens is 1. The lowest BCUT2D eigenvalue weighted by atomic mass is 9.96.